The molecule has 0 saturated carbocycles. The van der Waals surface area contributed by atoms with Crippen molar-refractivity contribution in [1.82, 2.24) is 19.7 Å². The van der Waals surface area contributed by atoms with Gasteiger partial charge in [0.1, 0.15) is 5.82 Å². The minimum atomic E-state index is -1.07. The number of nitrogens with one attached hydrogen (secondary N) is 1. The molecular formula is C13H17N5O2. The van der Waals surface area contributed by atoms with Crippen molar-refractivity contribution < 1.29 is 9.90 Å². The van der Waals surface area contributed by atoms with E-state index >= 15 is 0 Å². The van der Waals surface area contributed by atoms with Crippen molar-refractivity contribution in [3.63, 3.8) is 0 Å². The van der Waals surface area contributed by atoms with Gasteiger partial charge in [-0.15, -0.1) is 0 Å². The first-order chi connectivity index (χ1) is 9.49. The SMILES string of the molecule is CC(C)c1ncc(NCc2ccnn2C)c(C(=O)O)n1. The lowest BCUT2D eigenvalue weighted by atomic mass is 10.2. The monoisotopic (exact) mass is 275 g/mol. The number of aromatic carboxylic acids is 1. The molecule has 0 saturated heterocycles. The number of hydrogen-bond acceptors (Lipinski definition) is 5. The fourth-order valence-corrected chi connectivity index (χ4v) is 1.73. The van der Waals surface area contributed by atoms with Crippen molar-refractivity contribution in [2.75, 3.05) is 5.32 Å². The van der Waals surface area contributed by atoms with Crippen molar-refractivity contribution in [1.29, 1.82) is 0 Å². The van der Waals surface area contributed by atoms with Gasteiger partial charge in [-0.25, -0.2) is 14.8 Å². The predicted molar refractivity (Wildman–Crippen MR) is 73.6 cm³/mol. The number of nitrogens with zero attached hydrogens (tertiary/aromatic N) is 4. The summed E-state index contributed by atoms with van der Waals surface area (Å²) in [7, 11) is 1.83. The van der Waals surface area contributed by atoms with Gasteiger partial charge in [-0.2, -0.15) is 5.10 Å². The van der Waals surface area contributed by atoms with E-state index in [1.807, 2.05) is 27.0 Å². The van der Waals surface area contributed by atoms with Crippen molar-refractivity contribution in [3.8, 4) is 0 Å². The topological polar surface area (TPSA) is 92.9 Å². The van der Waals surface area contributed by atoms with Crippen molar-refractivity contribution in [2.24, 2.45) is 7.05 Å². The number of aryl methyl sites for hydroxylation is 1. The van der Waals surface area contributed by atoms with Crippen LogP contribution in [-0.2, 0) is 13.6 Å². The van der Waals surface area contributed by atoms with E-state index in [2.05, 4.69) is 20.4 Å². The Morgan fingerprint density at radius 3 is 2.80 bits per heavy atom. The molecule has 7 nitrogen and oxygen atoms in total. The summed E-state index contributed by atoms with van der Waals surface area (Å²) in [5.74, 6) is -0.463. The Kier molecular flexibility index (Phi) is 3.97. The molecule has 106 valence electrons. The molecule has 0 unspecified atom stereocenters. The number of hydrogen-bond donors (Lipinski definition) is 2. The maximum Gasteiger partial charge on any atom is 0.356 e. The van der Waals surface area contributed by atoms with Crippen LogP contribution in [0.5, 0.6) is 0 Å². The third-order valence-electron chi connectivity index (χ3n) is 2.91. The Morgan fingerprint density at radius 1 is 1.50 bits per heavy atom. The van der Waals surface area contributed by atoms with Crippen LogP contribution in [0.15, 0.2) is 18.5 Å². The molecule has 0 spiro atoms. The normalized spacial score (nSPS) is 10.8. The summed E-state index contributed by atoms with van der Waals surface area (Å²) < 4.78 is 1.72. The fourth-order valence-electron chi connectivity index (χ4n) is 1.73. The smallest absolute Gasteiger partial charge is 0.356 e. The molecule has 2 N–H and O–H groups in total. The van der Waals surface area contributed by atoms with Crippen molar-refractivity contribution >= 4 is 11.7 Å². The molecule has 0 aliphatic heterocycles. The fraction of sp³-hybridized carbons (Fsp3) is 0.385. The number of anilines is 1. The van der Waals surface area contributed by atoms with Crippen molar-refractivity contribution in [2.45, 2.75) is 26.3 Å². The van der Waals surface area contributed by atoms with E-state index < -0.39 is 5.97 Å². The molecule has 0 aromatic carbocycles. The molecule has 0 fully saturated rings. The molecule has 7 heteroatoms. The molecule has 0 aliphatic carbocycles. The quantitative estimate of drug-likeness (QED) is 0.861. The van der Waals surface area contributed by atoms with Gasteiger partial charge in [-0.1, -0.05) is 13.8 Å². The average molecular weight is 275 g/mol. The second-order valence-electron chi connectivity index (χ2n) is 4.75. The molecule has 20 heavy (non-hydrogen) atoms. The number of aromatic nitrogens is 4. The molecule has 2 rings (SSSR count). The van der Waals surface area contributed by atoms with Crippen molar-refractivity contribution in [3.05, 3.63) is 35.7 Å². The first-order valence-electron chi connectivity index (χ1n) is 6.30. The molecule has 2 aromatic rings. The Hall–Kier alpha value is -2.44. The number of rotatable bonds is 5. The zero-order valence-corrected chi connectivity index (χ0v) is 11.7. The van der Waals surface area contributed by atoms with Gasteiger partial charge in [0.15, 0.2) is 5.69 Å². The van der Waals surface area contributed by atoms with Crippen LogP contribution in [0.4, 0.5) is 5.69 Å². The highest BCUT2D eigenvalue weighted by Crippen LogP contribution is 2.17. The summed E-state index contributed by atoms with van der Waals surface area (Å²) in [5.41, 5.74) is 1.34. The van der Waals surface area contributed by atoms with E-state index in [-0.39, 0.29) is 11.6 Å². The summed E-state index contributed by atoms with van der Waals surface area (Å²) in [6.45, 7) is 4.30. The molecule has 0 aliphatic rings. The minimum Gasteiger partial charge on any atom is -0.476 e. The van der Waals surface area contributed by atoms with Gasteiger partial charge in [0.05, 0.1) is 24.1 Å². The Morgan fingerprint density at radius 2 is 2.25 bits per heavy atom. The van der Waals surface area contributed by atoms with Crippen LogP contribution in [0.3, 0.4) is 0 Å². The Balaban J connectivity index is 2.23. The molecule has 0 atom stereocenters. The maximum absolute atomic E-state index is 11.3. The molecule has 0 amide bonds. The van der Waals surface area contributed by atoms with Crippen LogP contribution < -0.4 is 5.32 Å². The van der Waals surface area contributed by atoms with E-state index in [0.717, 1.165) is 5.69 Å². The second kappa shape index (κ2) is 5.68. The molecule has 2 heterocycles. The summed E-state index contributed by atoms with van der Waals surface area (Å²) >= 11 is 0. The highest BCUT2D eigenvalue weighted by Gasteiger charge is 2.15. The Labute approximate surface area is 116 Å². The highest BCUT2D eigenvalue weighted by molar-refractivity contribution is 5.91. The third kappa shape index (κ3) is 2.93. The lowest BCUT2D eigenvalue weighted by molar-refractivity contribution is 0.0691. The lowest BCUT2D eigenvalue weighted by Crippen LogP contribution is -2.13. The van der Waals surface area contributed by atoms with E-state index in [4.69, 9.17) is 0 Å². The van der Waals surface area contributed by atoms with Gasteiger partial charge < -0.3 is 10.4 Å². The van der Waals surface area contributed by atoms with Crippen LogP contribution in [0.2, 0.25) is 0 Å². The molecular weight excluding hydrogens is 258 g/mol. The minimum absolute atomic E-state index is 0.00846. The van der Waals surface area contributed by atoms with Gasteiger partial charge >= 0.3 is 5.97 Å². The van der Waals surface area contributed by atoms with Gasteiger partial charge in [-0.05, 0) is 6.07 Å². The van der Waals surface area contributed by atoms with Crippen LogP contribution in [0.1, 0.15) is 41.8 Å². The summed E-state index contributed by atoms with van der Waals surface area (Å²) in [6, 6.07) is 1.86. The van der Waals surface area contributed by atoms with Gasteiger partial charge in [0.25, 0.3) is 0 Å². The molecule has 2 aromatic heterocycles. The summed E-state index contributed by atoms with van der Waals surface area (Å²) in [5, 5.41) is 16.3. The first-order valence-corrected chi connectivity index (χ1v) is 6.30. The molecule has 0 bridgehead atoms. The van der Waals surface area contributed by atoms with Crippen LogP contribution in [0.25, 0.3) is 0 Å². The van der Waals surface area contributed by atoms with E-state index in [0.29, 0.717) is 18.1 Å². The van der Waals surface area contributed by atoms with Crippen LogP contribution >= 0.6 is 0 Å². The second-order valence-corrected chi connectivity index (χ2v) is 4.75. The predicted octanol–water partition coefficient (Wildman–Crippen LogP) is 1.64. The lowest BCUT2D eigenvalue weighted by Gasteiger charge is -2.11. The van der Waals surface area contributed by atoms with Gasteiger partial charge in [0.2, 0.25) is 0 Å². The first kappa shape index (κ1) is 14.0. The average Bonchev–Trinajstić information content (AvgIpc) is 2.81. The van der Waals surface area contributed by atoms with Crippen LogP contribution in [0, 0.1) is 0 Å². The zero-order valence-electron chi connectivity index (χ0n) is 11.7. The Bertz CT molecular complexity index is 621. The summed E-state index contributed by atoms with van der Waals surface area (Å²) in [4.78, 5) is 19.6. The summed E-state index contributed by atoms with van der Waals surface area (Å²) in [6.07, 6.45) is 3.20. The molecule has 0 radical (unpaired) electrons. The van der Waals surface area contributed by atoms with E-state index in [9.17, 15) is 9.90 Å². The third-order valence-corrected chi connectivity index (χ3v) is 2.91. The zero-order chi connectivity index (χ0) is 14.7. The van der Waals surface area contributed by atoms with E-state index in [1.165, 1.54) is 6.20 Å². The highest BCUT2D eigenvalue weighted by atomic mass is 16.4. The van der Waals surface area contributed by atoms with Crippen LogP contribution in [-0.4, -0.2) is 30.8 Å². The standard InChI is InChI=1S/C13H17N5O2/c1-8(2)12-15-7-10(11(17-12)13(19)20)14-6-9-4-5-16-18(9)3/h4-5,7-8,14H,6H2,1-3H3,(H,19,20). The number of carboxylic acids is 1. The van der Waals surface area contributed by atoms with Gasteiger partial charge in [-0.3, -0.25) is 4.68 Å². The maximum atomic E-state index is 11.3. The van der Waals surface area contributed by atoms with Gasteiger partial charge in [0, 0.05) is 19.2 Å². The number of carboxylic acid groups (broad SMARTS) is 1. The van der Waals surface area contributed by atoms with E-state index in [1.54, 1.807) is 10.9 Å². The largest absolute Gasteiger partial charge is 0.476 e. The number of carbonyl (C=O) groups is 1.